The molecule has 10 heteroatoms. The number of carbonyl (C=O) groups excluding carboxylic acids is 1. The average molecular weight is 486 g/mol. The molecule has 0 spiro atoms. The van der Waals surface area contributed by atoms with Crippen molar-refractivity contribution >= 4 is 40.7 Å². The molecule has 1 saturated carbocycles. The van der Waals surface area contributed by atoms with E-state index in [-0.39, 0.29) is 23.3 Å². The molecule has 0 radical (unpaired) electrons. The van der Waals surface area contributed by atoms with Crippen molar-refractivity contribution in [3.8, 4) is 11.3 Å². The molecule has 0 N–H and O–H groups in total. The first-order chi connectivity index (χ1) is 14.8. The second kappa shape index (κ2) is 8.73. The predicted octanol–water partition coefficient (Wildman–Crippen LogP) is 6.18. The van der Waals surface area contributed by atoms with Gasteiger partial charge in [0.05, 0.1) is 5.69 Å². The van der Waals surface area contributed by atoms with Crippen LogP contribution in [0, 0.1) is 0 Å². The maximum Gasteiger partial charge on any atom is 0.283 e. The Kier molecular flexibility index (Phi) is 6.19. The number of nitrogens with zero attached hydrogens (tertiary/aromatic N) is 4. The van der Waals surface area contributed by atoms with Crippen molar-refractivity contribution in [2.45, 2.75) is 31.9 Å². The number of carbonyl (C=O) groups is 1. The summed E-state index contributed by atoms with van der Waals surface area (Å²) in [6.45, 7) is 0.154. The molecular formula is C21H17Cl3F2N4O. The summed E-state index contributed by atoms with van der Waals surface area (Å²) in [5.74, 6) is -0.583. The van der Waals surface area contributed by atoms with Crippen molar-refractivity contribution in [3.05, 3.63) is 68.5 Å². The van der Waals surface area contributed by atoms with Gasteiger partial charge in [-0.2, -0.15) is 5.10 Å². The highest BCUT2D eigenvalue weighted by molar-refractivity contribution is 6.33. The van der Waals surface area contributed by atoms with Crippen LogP contribution in [-0.2, 0) is 13.6 Å². The summed E-state index contributed by atoms with van der Waals surface area (Å²) in [6, 6.07) is 10.4. The minimum atomic E-state index is -2.92. The van der Waals surface area contributed by atoms with Crippen LogP contribution in [0.1, 0.15) is 40.9 Å². The summed E-state index contributed by atoms with van der Waals surface area (Å²) in [5.41, 5.74) is 1.20. The average Bonchev–Trinajstić information content (AvgIpc) is 3.51. The zero-order valence-corrected chi connectivity index (χ0v) is 18.6. The van der Waals surface area contributed by atoms with Gasteiger partial charge < -0.3 is 4.90 Å². The van der Waals surface area contributed by atoms with Gasteiger partial charge in [-0.05, 0) is 42.7 Å². The first kappa shape index (κ1) is 22.0. The molecule has 2 aromatic heterocycles. The van der Waals surface area contributed by atoms with Crippen molar-refractivity contribution in [1.29, 1.82) is 0 Å². The van der Waals surface area contributed by atoms with Crippen LogP contribution in [0.2, 0.25) is 15.3 Å². The van der Waals surface area contributed by atoms with E-state index >= 15 is 0 Å². The number of benzene rings is 1. The number of aryl methyl sites for hydroxylation is 1. The van der Waals surface area contributed by atoms with E-state index in [0.717, 1.165) is 28.7 Å². The molecule has 31 heavy (non-hydrogen) atoms. The van der Waals surface area contributed by atoms with Crippen molar-refractivity contribution in [1.82, 2.24) is 19.7 Å². The first-order valence-electron chi connectivity index (χ1n) is 9.49. The standard InChI is InChI=1S/C21H17Cl3F2N4O/c1-29-19(24)17(18(28-29)20(25)26)21(31)30(13-6-7-13)10-11-9-12(22)5-8-14(11)15-3-2-4-16(23)27-15/h2-5,8-9,13,20H,6-7,10H2,1H3. The van der Waals surface area contributed by atoms with Crippen LogP contribution >= 0.6 is 34.8 Å². The maximum atomic E-state index is 13.5. The van der Waals surface area contributed by atoms with Crippen molar-refractivity contribution in [2.24, 2.45) is 7.05 Å². The number of amides is 1. The predicted molar refractivity (Wildman–Crippen MR) is 116 cm³/mol. The van der Waals surface area contributed by atoms with Gasteiger partial charge in [0.25, 0.3) is 12.3 Å². The topological polar surface area (TPSA) is 51.0 Å². The van der Waals surface area contributed by atoms with Crippen LogP contribution < -0.4 is 0 Å². The van der Waals surface area contributed by atoms with Crippen LogP contribution in [0.3, 0.4) is 0 Å². The van der Waals surface area contributed by atoms with E-state index in [1.54, 1.807) is 41.3 Å². The van der Waals surface area contributed by atoms with Crippen LogP contribution in [0.4, 0.5) is 8.78 Å². The Labute approximate surface area is 192 Å². The summed E-state index contributed by atoms with van der Waals surface area (Å²) >= 11 is 18.4. The molecule has 1 amide bonds. The first-order valence-corrected chi connectivity index (χ1v) is 10.6. The minimum Gasteiger partial charge on any atom is -0.331 e. The molecule has 2 heterocycles. The molecule has 5 nitrogen and oxygen atoms in total. The van der Waals surface area contributed by atoms with E-state index < -0.39 is 18.0 Å². The molecule has 1 fully saturated rings. The van der Waals surface area contributed by atoms with Crippen molar-refractivity contribution < 1.29 is 13.6 Å². The van der Waals surface area contributed by atoms with Gasteiger partial charge in [0.2, 0.25) is 0 Å². The van der Waals surface area contributed by atoms with Crippen LogP contribution in [-0.4, -0.2) is 31.6 Å². The van der Waals surface area contributed by atoms with E-state index in [1.165, 1.54) is 7.05 Å². The molecule has 0 bridgehead atoms. The molecule has 1 aliphatic rings. The van der Waals surface area contributed by atoms with E-state index in [9.17, 15) is 13.6 Å². The Bertz CT molecular complexity index is 1150. The van der Waals surface area contributed by atoms with E-state index in [0.29, 0.717) is 15.9 Å². The number of hydrogen-bond donors (Lipinski definition) is 0. The molecule has 0 unspecified atom stereocenters. The highest BCUT2D eigenvalue weighted by Crippen LogP contribution is 2.36. The van der Waals surface area contributed by atoms with Gasteiger partial charge in [0, 0.05) is 30.2 Å². The summed E-state index contributed by atoms with van der Waals surface area (Å²) in [4.78, 5) is 19.3. The fourth-order valence-corrected chi connectivity index (χ4v) is 4.03. The highest BCUT2D eigenvalue weighted by Gasteiger charge is 2.38. The van der Waals surface area contributed by atoms with E-state index in [4.69, 9.17) is 34.8 Å². The maximum absolute atomic E-state index is 13.5. The van der Waals surface area contributed by atoms with Gasteiger partial charge >= 0.3 is 0 Å². The third-order valence-corrected chi connectivity index (χ3v) is 5.95. The fourth-order valence-electron chi connectivity index (χ4n) is 3.45. The Balaban J connectivity index is 1.74. The van der Waals surface area contributed by atoms with Crippen LogP contribution in [0.15, 0.2) is 36.4 Å². The van der Waals surface area contributed by atoms with Crippen LogP contribution in [0.5, 0.6) is 0 Å². The Morgan fingerprint density at radius 2 is 1.97 bits per heavy atom. The van der Waals surface area contributed by atoms with Gasteiger partial charge in [0.15, 0.2) is 0 Å². The molecule has 0 aliphatic heterocycles. The minimum absolute atomic E-state index is 0.0755. The second-order valence-corrected chi connectivity index (χ2v) is 8.47. The molecule has 1 aromatic carbocycles. The SMILES string of the molecule is Cn1nc(C(F)F)c(C(=O)N(Cc2cc(Cl)ccc2-c2cccc(Cl)n2)C2CC2)c1Cl. The lowest BCUT2D eigenvalue weighted by atomic mass is 10.0. The third-order valence-electron chi connectivity index (χ3n) is 5.07. The molecule has 0 saturated heterocycles. The van der Waals surface area contributed by atoms with Gasteiger partial charge in [-0.1, -0.05) is 46.9 Å². The van der Waals surface area contributed by atoms with Crippen molar-refractivity contribution in [3.63, 3.8) is 0 Å². The normalized spacial score (nSPS) is 13.6. The van der Waals surface area contributed by atoms with E-state index in [2.05, 4.69) is 10.1 Å². The summed E-state index contributed by atoms with van der Waals surface area (Å²) in [7, 11) is 1.42. The Hall–Kier alpha value is -2.22. The number of alkyl halides is 2. The number of rotatable bonds is 6. The number of aromatic nitrogens is 3. The molecule has 3 aromatic rings. The summed E-state index contributed by atoms with van der Waals surface area (Å²) in [5, 5.41) is 4.43. The zero-order valence-electron chi connectivity index (χ0n) is 16.3. The zero-order chi connectivity index (χ0) is 22.3. The monoisotopic (exact) mass is 484 g/mol. The number of hydrogen-bond acceptors (Lipinski definition) is 3. The molecule has 0 atom stereocenters. The lowest BCUT2D eigenvalue weighted by molar-refractivity contribution is 0.0718. The second-order valence-electron chi connectivity index (χ2n) is 7.29. The summed E-state index contributed by atoms with van der Waals surface area (Å²) < 4.78 is 28.1. The van der Waals surface area contributed by atoms with Gasteiger partial charge in [-0.25, -0.2) is 13.8 Å². The molecule has 4 rings (SSSR count). The fraction of sp³-hybridized carbons (Fsp3) is 0.286. The lowest BCUT2D eigenvalue weighted by Gasteiger charge is -2.24. The van der Waals surface area contributed by atoms with Gasteiger partial charge in [0.1, 0.15) is 21.6 Å². The Morgan fingerprint density at radius 1 is 1.23 bits per heavy atom. The number of halogens is 5. The third kappa shape index (κ3) is 4.54. The van der Waals surface area contributed by atoms with Crippen LogP contribution in [0.25, 0.3) is 11.3 Å². The summed E-state index contributed by atoms with van der Waals surface area (Å²) in [6.07, 6.45) is -1.37. The smallest absolute Gasteiger partial charge is 0.283 e. The largest absolute Gasteiger partial charge is 0.331 e. The number of pyridine rings is 1. The van der Waals surface area contributed by atoms with E-state index in [1.807, 2.05) is 0 Å². The highest BCUT2D eigenvalue weighted by atomic mass is 35.5. The molecule has 162 valence electrons. The lowest BCUT2D eigenvalue weighted by Crippen LogP contribution is -2.33. The molecule has 1 aliphatic carbocycles. The molecular weight excluding hydrogens is 469 g/mol. The van der Waals surface area contributed by atoms with Crippen molar-refractivity contribution in [2.75, 3.05) is 0 Å². The quantitative estimate of drug-likeness (QED) is 0.392. The van der Waals surface area contributed by atoms with Gasteiger partial charge in [-0.15, -0.1) is 0 Å². The Morgan fingerprint density at radius 3 is 2.61 bits per heavy atom. The van der Waals surface area contributed by atoms with Gasteiger partial charge in [-0.3, -0.25) is 9.48 Å².